The maximum Gasteiger partial charge on any atom is 0.242 e. The molecule has 0 aromatic carbocycles. The molecule has 66 valence electrons. The van der Waals surface area contributed by atoms with Crippen molar-refractivity contribution in [3.8, 4) is 0 Å². The molecule has 0 radical (unpaired) electrons. The van der Waals surface area contributed by atoms with E-state index in [2.05, 4.69) is 0 Å². The van der Waals surface area contributed by atoms with E-state index in [4.69, 9.17) is 0 Å². The van der Waals surface area contributed by atoms with Gasteiger partial charge in [-0.2, -0.15) is 0 Å². The summed E-state index contributed by atoms with van der Waals surface area (Å²) in [4.78, 5) is 2.00. The smallest absolute Gasteiger partial charge is 0.242 e. The zero-order valence-electron chi connectivity index (χ0n) is 6.89. The normalized spacial score (nSPS) is 28.9. The fraction of sp³-hybridized carbons (Fsp3) is 1.00. The Hall–Kier alpha value is -0.180. The fourth-order valence-electron chi connectivity index (χ4n) is 1.58. The maximum absolute atomic E-state index is 12.2. The molecule has 11 heavy (non-hydrogen) atoms. The predicted octanol–water partition coefficient (Wildman–Crippen LogP) is 1.98. The van der Waals surface area contributed by atoms with Gasteiger partial charge in [-0.1, -0.05) is 6.42 Å². The van der Waals surface area contributed by atoms with Crippen LogP contribution in [0.3, 0.4) is 0 Å². The molecule has 0 aromatic rings. The molecular weight excluding hydrogens is 148 g/mol. The third kappa shape index (κ3) is 2.73. The van der Waals surface area contributed by atoms with Crippen LogP contribution in [0.1, 0.15) is 19.3 Å². The quantitative estimate of drug-likeness (QED) is 0.571. The van der Waals surface area contributed by atoms with Crippen molar-refractivity contribution in [2.45, 2.75) is 25.7 Å². The Morgan fingerprint density at radius 1 is 1.36 bits per heavy atom. The second kappa shape index (κ2) is 4.00. The molecule has 1 atom stereocenters. The lowest BCUT2D eigenvalue weighted by atomic mass is 10.0. The predicted molar refractivity (Wildman–Crippen MR) is 40.8 cm³/mol. The molecular formula is C8H15F2N. The van der Waals surface area contributed by atoms with Crippen molar-refractivity contribution < 1.29 is 8.78 Å². The van der Waals surface area contributed by atoms with Crippen molar-refractivity contribution in [3.05, 3.63) is 0 Å². The van der Waals surface area contributed by atoms with Crippen LogP contribution in [-0.2, 0) is 0 Å². The van der Waals surface area contributed by atoms with Crippen molar-refractivity contribution in [1.82, 2.24) is 4.90 Å². The van der Waals surface area contributed by atoms with Gasteiger partial charge < -0.3 is 4.90 Å². The lowest BCUT2D eigenvalue weighted by molar-refractivity contribution is 0.0599. The Morgan fingerprint density at radius 2 is 2.09 bits per heavy atom. The minimum Gasteiger partial charge on any atom is -0.306 e. The first-order valence-corrected chi connectivity index (χ1v) is 4.17. The number of halogens is 2. The van der Waals surface area contributed by atoms with Crippen LogP contribution in [0, 0.1) is 5.92 Å². The summed E-state index contributed by atoms with van der Waals surface area (Å²) in [6.45, 7) is 1.54. The van der Waals surface area contributed by atoms with Crippen LogP contribution in [0.2, 0.25) is 0 Å². The second-order valence-electron chi connectivity index (χ2n) is 3.35. The van der Waals surface area contributed by atoms with Crippen LogP contribution in [0.25, 0.3) is 0 Å². The average Bonchev–Trinajstić information content (AvgIpc) is 2.13. The van der Waals surface area contributed by atoms with E-state index in [-0.39, 0.29) is 5.92 Å². The largest absolute Gasteiger partial charge is 0.306 e. The molecule has 1 fully saturated rings. The van der Waals surface area contributed by atoms with Crippen molar-refractivity contribution in [2.24, 2.45) is 5.92 Å². The van der Waals surface area contributed by atoms with Crippen molar-refractivity contribution >= 4 is 0 Å². The second-order valence-corrected chi connectivity index (χ2v) is 3.35. The first-order valence-electron chi connectivity index (χ1n) is 4.17. The molecule has 3 heteroatoms. The number of hydrogen-bond acceptors (Lipinski definition) is 1. The van der Waals surface area contributed by atoms with Crippen LogP contribution < -0.4 is 0 Å². The van der Waals surface area contributed by atoms with E-state index in [1.807, 2.05) is 11.9 Å². The highest BCUT2D eigenvalue weighted by atomic mass is 19.3. The number of nitrogens with zero attached hydrogens (tertiary/aromatic N) is 1. The lowest BCUT2D eigenvalue weighted by Crippen LogP contribution is -2.27. The number of rotatable bonds is 1. The molecule has 0 spiro atoms. The van der Waals surface area contributed by atoms with Gasteiger partial charge in [0.15, 0.2) is 0 Å². The zero-order chi connectivity index (χ0) is 8.27. The summed E-state index contributed by atoms with van der Waals surface area (Å²) in [7, 11) is 1.92. The summed E-state index contributed by atoms with van der Waals surface area (Å²) in [6.07, 6.45) is 0.594. The first kappa shape index (κ1) is 8.91. The Morgan fingerprint density at radius 3 is 2.73 bits per heavy atom. The van der Waals surface area contributed by atoms with Gasteiger partial charge in [-0.05, 0) is 26.4 Å². The first-order chi connectivity index (χ1) is 5.20. The highest BCUT2D eigenvalue weighted by molar-refractivity contribution is 4.70. The van der Waals surface area contributed by atoms with Gasteiger partial charge >= 0.3 is 0 Å². The average molecular weight is 163 g/mol. The van der Waals surface area contributed by atoms with Gasteiger partial charge in [-0.25, -0.2) is 8.78 Å². The molecule has 0 aliphatic carbocycles. The van der Waals surface area contributed by atoms with E-state index in [1.165, 1.54) is 0 Å². The summed E-state index contributed by atoms with van der Waals surface area (Å²) in [5, 5.41) is 0. The number of hydrogen-bond donors (Lipinski definition) is 0. The molecule has 1 aliphatic rings. The molecule has 0 amide bonds. The Balaban J connectivity index is 2.39. The van der Waals surface area contributed by atoms with Gasteiger partial charge in [0.05, 0.1) is 0 Å². The van der Waals surface area contributed by atoms with Gasteiger partial charge in [0.1, 0.15) is 0 Å². The van der Waals surface area contributed by atoms with Gasteiger partial charge in [0.25, 0.3) is 0 Å². The van der Waals surface area contributed by atoms with Crippen LogP contribution in [0.15, 0.2) is 0 Å². The summed E-state index contributed by atoms with van der Waals surface area (Å²) in [5.41, 5.74) is 0. The van der Waals surface area contributed by atoms with Gasteiger partial charge in [-0.3, -0.25) is 0 Å². The van der Waals surface area contributed by atoms with Crippen LogP contribution in [0.5, 0.6) is 0 Å². The summed E-state index contributed by atoms with van der Waals surface area (Å²) < 4.78 is 24.5. The summed E-state index contributed by atoms with van der Waals surface area (Å²) in [5.74, 6) is -0.387. The zero-order valence-corrected chi connectivity index (χ0v) is 6.89. The van der Waals surface area contributed by atoms with E-state index >= 15 is 0 Å². The Kier molecular flexibility index (Phi) is 3.24. The third-order valence-electron chi connectivity index (χ3n) is 2.27. The van der Waals surface area contributed by atoms with Crippen LogP contribution in [0.4, 0.5) is 8.78 Å². The van der Waals surface area contributed by atoms with E-state index in [0.29, 0.717) is 13.0 Å². The molecule has 0 aromatic heterocycles. The molecule has 1 rings (SSSR count). The van der Waals surface area contributed by atoms with Gasteiger partial charge in [0, 0.05) is 12.5 Å². The molecule has 0 bridgehead atoms. The third-order valence-corrected chi connectivity index (χ3v) is 2.27. The minimum atomic E-state index is -2.13. The summed E-state index contributed by atoms with van der Waals surface area (Å²) in [6, 6.07) is 0. The molecule has 0 saturated carbocycles. The van der Waals surface area contributed by atoms with E-state index in [1.54, 1.807) is 0 Å². The lowest BCUT2D eigenvalue weighted by Gasteiger charge is -2.18. The molecule has 1 nitrogen and oxygen atoms in total. The van der Waals surface area contributed by atoms with E-state index in [9.17, 15) is 8.78 Å². The van der Waals surface area contributed by atoms with Crippen molar-refractivity contribution in [2.75, 3.05) is 20.1 Å². The van der Waals surface area contributed by atoms with Gasteiger partial charge in [0.2, 0.25) is 6.43 Å². The Bertz CT molecular complexity index is 117. The minimum absolute atomic E-state index is 0.387. The Labute approximate surface area is 66.4 Å². The molecule has 0 N–H and O–H groups in total. The fourth-order valence-corrected chi connectivity index (χ4v) is 1.58. The highest BCUT2D eigenvalue weighted by Gasteiger charge is 2.23. The van der Waals surface area contributed by atoms with Crippen molar-refractivity contribution in [1.29, 1.82) is 0 Å². The maximum atomic E-state index is 12.2. The van der Waals surface area contributed by atoms with Crippen molar-refractivity contribution in [3.63, 3.8) is 0 Å². The molecule has 0 unspecified atom stereocenters. The standard InChI is InChI=1S/C8H15F2N/c1-11-5-3-2-4-7(6-11)8(9)10/h7-8H,2-6H2,1H3/t7-/m1/s1. The van der Waals surface area contributed by atoms with E-state index in [0.717, 1.165) is 19.4 Å². The monoisotopic (exact) mass is 163 g/mol. The highest BCUT2D eigenvalue weighted by Crippen LogP contribution is 2.21. The molecule has 1 aliphatic heterocycles. The van der Waals surface area contributed by atoms with Crippen LogP contribution >= 0.6 is 0 Å². The number of alkyl halides is 2. The van der Waals surface area contributed by atoms with Gasteiger partial charge in [-0.15, -0.1) is 0 Å². The summed E-state index contributed by atoms with van der Waals surface area (Å²) >= 11 is 0. The van der Waals surface area contributed by atoms with Crippen LogP contribution in [-0.4, -0.2) is 31.5 Å². The SMILES string of the molecule is CN1CCCC[C@@H](C(F)F)C1. The molecule has 1 saturated heterocycles. The molecule has 1 heterocycles. The topological polar surface area (TPSA) is 3.24 Å². The number of likely N-dealkylation sites (tertiary alicyclic amines) is 1. The van der Waals surface area contributed by atoms with E-state index < -0.39 is 6.43 Å².